The highest BCUT2D eigenvalue weighted by atomic mass is 32.2. The van der Waals surface area contributed by atoms with Gasteiger partial charge in [-0.15, -0.1) is 0 Å². The van der Waals surface area contributed by atoms with Crippen LogP contribution >= 0.6 is 0 Å². The maximum absolute atomic E-state index is 11.7. The lowest BCUT2D eigenvalue weighted by Crippen LogP contribution is -2.44. The van der Waals surface area contributed by atoms with Crippen LogP contribution in [0.4, 0.5) is 0 Å². The van der Waals surface area contributed by atoms with Crippen molar-refractivity contribution in [2.45, 2.75) is 43.9 Å². The molecule has 0 spiro atoms. The molecular formula is C11H19NO5S. The molecule has 1 unspecified atom stereocenters. The largest absolute Gasteiger partial charge is 0.481 e. The smallest absolute Gasteiger partial charge is 0.306 e. The number of hydrogen-bond donors (Lipinski definition) is 2. The fraction of sp³-hybridized carbons (Fsp3) is 0.818. The molecule has 0 aromatic heterocycles. The lowest BCUT2D eigenvalue weighted by atomic mass is 9.86. The summed E-state index contributed by atoms with van der Waals surface area (Å²) >= 11 is 0. The second-order valence-electron chi connectivity index (χ2n) is 4.87. The number of carboxylic acid groups (broad SMARTS) is 1. The molecule has 6 nitrogen and oxygen atoms in total. The summed E-state index contributed by atoms with van der Waals surface area (Å²) in [6.07, 6.45) is 3.23. The van der Waals surface area contributed by atoms with Gasteiger partial charge >= 0.3 is 5.97 Å². The molecule has 7 heteroatoms. The fourth-order valence-corrected chi connectivity index (χ4v) is 2.45. The number of sulfone groups is 1. The van der Waals surface area contributed by atoms with Gasteiger partial charge in [0.25, 0.3) is 0 Å². The average molecular weight is 277 g/mol. The van der Waals surface area contributed by atoms with Gasteiger partial charge in [-0.25, -0.2) is 8.42 Å². The van der Waals surface area contributed by atoms with Crippen LogP contribution in [0.5, 0.6) is 0 Å². The molecule has 0 heterocycles. The van der Waals surface area contributed by atoms with Crippen molar-refractivity contribution in [1.29, 1.82) is 0 Å². The van der Waals surface area contributed by atoms with Gasteiger partial charge in [0.05, 0.1) is 5.92 Å². The van der Waals surface area contributed by atoms with Gasteiger partial charge < -0.3 is 10.4 Å². The van der Waals surface area contributed by atoms with Gasteiger partial charge in [0.15, 0.2) is 9.84 Å². The van der Waals surface area contributed by atoms with Gasteiger partial charge in [0.2, 0.25) is 5.91 Å². The number of amides is 1. The molecule has 104 valence electrons. The van der Waals surface area contributed by atoms with Crippen LogP contribution in [0.1, 0.15) is 32.6 Å². The summed E-state index contributed by atoms with van der Waals surface area (Å²) in [5.74, 6) is -1.65. The summed E-state index contributed by atoms with van der Waals surface area (Å²) in [7, 11) is -3.38. The first kappa shape index (κ1) is 14.9. The molecule has 1 aliphatic carbocycles. The Hall–Kier alpha value is -1.11. The summed E-state index contributed by atoms with van der Waals surface area (Å²) in [6.45, 7) is 1.35. The van der Waals surface area contributed by atoms with Crippen molar-refractivity contribution in [2.75, 3.05) is 6.26 Å². The zero-order valence-corrected chi connectivity index (χ0v) is 11.4. The van der Waals surface area contributed by atoms with E-state index in [4.69, 9.17) is 5.11 Å². The van der Waals surface area contributed by atoms with Gasteiger partial charge in [0, 0.05) is 12.3 Å². The molecule has 2 N–H and O–H groups in total. The highest BCUT2D eigenvalue weighted by molar-refractivity contribution is 7.92. The minimum absolute atomic E-state index is 0.114. The lowest BCUT2D eigenvalue weighted by molar-refractivity contribution is -0.142. The van der Waals surface area contributed by atoms with E-state index in [-0.39, 0.29) is 12.0 Å². The van der Waals surface area contributed by atoms with Crippen molar-refractivity contribution in [3.8, 4) is 0 Å². The Morgan fingerprint density at radius 3 is 2.11 bits per heavy atom. The Bertz CT molecular complexity index is 423. The van der Waals surface area contributed by atoms with Crippen molar-refractivity contribution < 1.29 is 23.1 Å². The van der Waals surface area contributed by atoms with E-state index in [0.717, 1.165) is 6.26 Å². The molecule has 1 amide bonds. The standard InChI is InChI=1S/C11H19NO5S/c1-7(18(2,16)17)10(13)12-9-5-3-8(4-6-9)11(14)15/h7-9H,3-6H2,1-2H3,(H,12,13)(H,14,15). The lowest BCUT2D eigenvalue weighted by Gasteiger charge is -2.27. The molecule has 18 heavy (non-hydrogen) atoms. The number of aliphatic carboxylic acids is 1. The van der Waals surface area contributed by atoms with Crippen LogP contribution in [0.25, 0.3) is 0 Å². The molecule has 0 aliphatic heterocycles. The Kier molecular flexibility index (Phi) is 4.72. The number of carbonyl (C=O) groups is 2. The first-order valence-electron chi connectivity index (χ1n) is 5.94. The maximum Gasteiger partial charge on any atom is 0.306 e. The Labute approximate surface area is 107 Å². The van der Waals surface area contributed by atoms with Gasteiger partial charge in [-0.3, -0.25) is 9.59 Å². The van der Waals surface area contributed by atoms with E-state index in [9.17, 15) is 18.0 Å². The summed E-state index contributed by atoms with van der Waals surface area (Å²) in [4.78, 5) is 22.4. The Morgan fingerprint density at radius 2 is 1.72 bits per heavy atom. The van der Waals surface area contributed by atoms with Gasteiger partial charge in [-0.1, -0.05) is 0 Å². The zero-order valence-electron chi connectivity index (χ0n) is 10.5. The summed E-state index contributed by atoms with van der Waals surface area (Å²) in [6, 6.07) is -0.114. The highest BCUT2D eigenvalue weighted by Crippen LogP contribution is 2.24. The molecule has 0 saturated heterocycles. The van der Waals surface area contributed by atoms with E-state index >= 15 is 0 Å². The van der Waals surface area contributed by atoms with Crippen LogP contribution in [0.15, 0.2) is 0 Å². The van der Waals surface area contributed by atoms with E-state index in [1.165, 1.54) is 6.92 Å². The summed E-state index contributed by atoms with van der Waals surface area (Å²) < 4.78 is 22.4. The zero-order chi connectivity index (χ0) is 13.9. The molecule has 1 aliphatic rings. The molecular weight excluding hydrogens is 258 g/mol. The van der Waals surface area contributed by atoms with Gasteiger partial charge in [0.1, 0.15) is 5.25 Å². The van der Waals surface area contributed by atoms with Crippen molar-refractivity contribution in [1.82, 2.24) is 5.32 Å². The van der Waals surface area contributed by atoms with E-state index in [0.29, 0.717) is 25.7 Å². The van der Waals surface area contributed by atoms with E-state index in [1.54, 1.807) is 0 Å². The predicted octanol–water partition coefficient (Wildman–Crippen LogP) is 0.179. The Morgan fingerprint density at radius 1 is 1.22 bits per heavy atom. The maximum atomic E-state index is 11.7. The van der Waals surface area contributed by atoms with Crippen LogP contribution in [0.3, 0.4) is 0 Å². The van der Waals surface area contributed by atoms with Crippen LogP contribution < -0.4 is 5.32 Å². The van der Waals surface area contributed by atoms with Crippen LogP contribution in [0.2, 0.25) is 0 Å². The molecule has 0 bridgehead atoms. The van der Waals surface area contributed by atoms with Crippen LogP contribution in [-0.4, -0.2) is 42.9 Å². The van der Waals surface area contributed by atoms with Gasteiger partial charge in [-0.2, -0.15) is 0 Å². The predicted molar refractivity (Wildman–Crippen MR) is 65.8 cm³/mol. The number of rotatable bonds is 4. The second kappa shape index (κ2) is 5.69. The third-order valence-corrected chi connectivity index (χ3v) is 4.93. The molecule has 0 aromatic carbocycles. The topological polar surface area (TPSA) is 101 Å². The fourth-order valence-electron chi connectivity index (χ4n) is 2.00. The molecule has 1 saturated carbocycles. The minimum atomic E-state index is -3.38. The molecule has 1 fully saturated rings. The molecule has 0 aromatic rings. The quantitative estimate of drug-likeness (QED) is 0.763. The summed E-state index contributed by atoms with van der Waals surface area (Å²) in [5.41, 5.74) is 0. The number of hydrogen-bond acceptors (Lipinski definition) is 4. The van der Waals surface area contributed by atoms with Gasteiger partial charge in [-0.05, 0) is 32.6 Å². The number of carbonyl (C=O) groups excluding carboxylic acids is 1. The van der Waals surface area contributed by atoms with E-state index in [1.807, 2.05) is 0 Å². The molecule has 1 rings (SSSR count). The minimum Gasteiger partial charge on any atom is -0.481 e. The first-order valence-corrected chi connectivity index (χ1v) is 7.89. The molecule has 1 atom stereocenters. The molecule has 0 radical (unpaired) electrons. The Balaban J connectivity index is 2.47. The van der Waals surface area contributed by atoms with Crippen LogP contribution in [-0.2, 0) is 19.4 Å². The first-order chi connectivity index (χ1) is 8.21. The van der Waals surface area contributed by atoms with Crippen LogP contribution in [0, 0.1) is 5.92 Å². The number of nitrogens with one attached hydrogen (secondary N) is 1. The van der Waals surface area contributed by atoms with Crippen molar-refractivity contribution in [3.63, 3.8) is 0 Å². The normalized spacial score (nSPS) is 26.3. The van der Waals surface area contributed by atoms with Crippen molar-refractivity contribution in [3.05, 3.63) is 0 Å². The number of carboxylic acids is 1. The van der Waals surface area contributed by atoms with E-state index in [2.05, 4.69) is 5.32 Å². The van der Waals surface area contributed by atoms with Crippen molar-refractivity contribution in [2.24, 2.45) is 5.92 Å². The second-order valence-corrected chi connectivity index (χ2v) is 7.23. The highest BCUT2D eigenvalue weighted by Gasteiger charge is 2.29. The summed E-state index contributed by atoms with van der Waals surface area (Å²) in [5, 5.41) is 10.4. The third kappa shape index (κ3) is 3.97. The van der Waals surface area contributed by atoms with E-state index < -0.39 is 27.0 Å². The monoisotopic (exact) mass is 277 g/mol. The van der Waals surface area contributed by atoms with Crippen molar-refractivity contribution >= 4 is 21.7 Å². The SMILES string of the molecule is CC(C(=O)NC1CCC(C(=O)O)CC1)S(C)(=O)=O. The third-order valence-electron chi connectivity index (χ3n) is 3.43. The average Bonchev–Trinajstić information content (AvgIpc) is 2.27.